The van der Waals surface area contributed by atoms with Gasteiger partial charge in [-0.1, -0.05) is 116 Å². The number of aryl methyl sites for hydroxylation is 5. The highest BCUT2D eigenvalue weighted by Gasteiger charge is 2.11. The summed E-state index contributed by atoms with van der Waals surface area (Å²) in [5.74, 6) is 3.47. The second-order valence-electron chi connectivity index (χ2n) is 14.3. The van der Waals surface area contributed by atoms with Gasteiger partial charge in [-0.25, -0.2) is 0 Å². The van der Waals surface area contributed by atoms with Gasteiger partial charge in [-0.2, -0.15) is 0 Å². The molecule has 0 N–H and O–H groups in total. The number of hydrogen-bond acceptors (Lipinski definition) is 0. The Labute approximate surface area is 251 Å². The molecule has 0 aliphatic carbocycles. The third-order valence-electron chi connectivity index (χ3n) is 10.3. The second kappa shape index (κ2) is 18.1. The van der Waals surface area contributed by atoms with Gasteiger partial charge in [0, 0.05) is 0 Å². The lowest BCUT2D eigenvalue weighted by atomic mass is 9.89. The first-order valence-electron chi connectivity index (χ1n) is 17.1. The van der Waals surface area contributed by atoms with Gasteiger partial charge in [0.2, 0.25) is 0 Å². The van der Waals surface area contributed by atoms with E-state index >= 15 is 0 Å². The van der Waals surface area contributed by atoms with E-state index < -0.39 is 0 Å². The average molecular weight is 547 g/mol. The summed E-state index contributed by atoms with van der Waals surface area (Å²) in [6.07, 6.45) is 19.3. The minimum Gasteiger partial charge on any atom is -0.0625 e. The molecule has 0 heteroatoms. The largest absolute Gasteiger partial charge is 0.0625 e. The van der Waals surface area contributed by atoms with E-state index in [0.717, 1.165) is 23.7 Å². The Morgan fingerprint density at radius 2 is 0.825 bits per heavy atom. The quantitative estimate of drug-likeness (QED) is 0.154. The fourth-order valence-corrected chi connectivity index (χ4v) is 6.66. The summed E-state index contributed by atoms with van der Waals surface area (Å²) in [4.78, 5) is 0. The predicted molar refractivity (Wildman–Crippen MR) is 181 cm³/mol. The molecular weight excluding hydrogens is 480 g/mol. The van der Waals surface area contributed by atoms with E-state index in [1.54, 1.807) is 5.56 Å². The van der Waals surface area contributed by atoms with Crippen LogP contribution in [0.3, 0.4) is 0 Å². The van der Waals surface area contributed by atoms with Crippen molar-refractivity contribution in [1.82, 2.24) is 0 Å². The highest BCUT2D eigenvalue weighted by atomic mass is 14.2. The van der Waals surface area contributed by atoms with Gasteiger partial charge in [0.15, 0.2) is 0 Å². The zero-order chi connectivity index (χ0) is 29.7. The Hall–Kier alpha value is -1.56. The number of unbranched alkanes of at least 4 members (excludes halogenated alkanes) is 1. The first kappa shape index (κ1) is 34.6. The molecule has 40 heavy (non-hydrogen) atoms. The first-order chi connectivity index (χ1) is 19.0. The van der Waals surface area contributed by atoms with Crippen LogP contribution in [-0.4, -0.2) is 0 Å². The summed E-state index contributed by atoms with van der Waals surface area (Å²) in [6, 6.07) is 9.40. The monoisotopic (exact) mass is 547 g/mol. The molecular formula is C40H66. The van der Waals surface area contributed by atoms with E-state index in [9.17, 15) is 0 Å². The van der Waals surface area contributed by atoms with Crippen LogP contribution in [0.5, 0.6) is 0 Å². The Kier molecular flexibility index (Phi) is 15.7. The van der Waals surface area contributed by atoms with Crippen LogP contribution in [0.1, 0.15) is 149 Å². The minimum absolute atomic E-state index is 0.839. The topological polar surface area (TPSA) is 0 Å². The summed E-state index contributed by atoms with van der Waals surface area (Å²) in [7, 11) is 0. The Bertz CT molecular complexity index is 972. The van der Waals surface area contributed by atoms with Crippen molar-refractivity contribution in [3.8, 4) is 0 Å². The first-order valence-corrected chi connectivity index (χ1v) is 17.1. The van der Waals surface area contributed by atoms with Crippen molar-refractivity contribution in [2.24, 2.45) is 23.7 Å². The molecule has 0 radical (unpaired) electrons. The van der Waals surface area contributed by atoms with Gasteiger partial charge in [0.1, 0.15) is 0 Å². The van der Waals surface area contributed by atoms with Crippen LogP contribution < -0.4 is 0 Å². The minimum atomic E-state index is 0.839. The number of hydrogen-bond donors (Lipinski definition) is 0. The zero-order valence-corrected chi connectivity index (χ0v) is 28.5. The molecule has 2 aromatic carbocycles. The molecule has 0 nitrogen and oxygen atoms in total. The lowest BCUT2D eigenvalue weighted by molar-refractivity contribution is 0.378. The Balaban J connectivity index is 1.49. The van der Waals surface area contributed by atoms with Crippen molar-refractivity contribution < 1.29 is 0 Å². The molecule has 0 heterocycles. The smallest absolute Gasteiger partial charge is 0.0271 e. The van der Waals surface area contributed by atoms with E-state index in [-0.39, 0.29) is 0 Å². The maximum Gasteiger partial charge on any atom is -0.0271 e. The molecule has 0 saturated carbocycles. The molecule has 0 aliphatic rings. The number of rotatable bonds is 19. The summed E-state index contributed by atoms with van der Waals surface area (Å²) >= 11 is 0. The molecule has 4 atom stereocenters. The molecule has 0 unspecified atom stereocenters. The van der Waals surface area contributed by atoms with E-state index in [4.69, 9.17) is 0 Å². The molecule has 0 aromatic heterocycles. The van der Waals surface area contributed by atoms with Gasteiger partial charge < -0.3 is 0 Å². The van der Waals surface area contributed by atoms with Gasteiger partial charge in [0.25, 0.3) is 0 Å². The van der Waals surface area contributed by atoms with Gasteiger partial charge in [-0.15, -0.1) is 0 Å². The van der Waals surface area contributed by atoms with Crippen LogP contribution in [0.2, 0.25) is 0 Å². The summed E-state index contributed by atoms with van der Waals surface area (Å²) in [5.41, 5.74) is 11.9. The van der Waals surface area contributed by atoms with Gasteiger partial charge in [-0.05, 0) is 135 Å². The molecule has 0 aliphatic heterocycles. The van der Waals surface area contributed by atoms with Crippen molar-refractivity contribution in [1.29, 1.82) is 0 Å². The average Bonchev–Trinajstić information content (AvgIpc) is 2.90. The predicted octanol–water partition coefficient (Wildman–Crippen LogP) is 12.5. The molecule has 0 bridgehead atoms. The Morgan fingerprint density at radius 3 is 1.32 bits per heavy atom. The molecule has 0 saturated heterocycles. The van der Waals surface area contributed by atoms with Crippen LogP contribution in [0.25, 0.3) is 0 Å². The summed E-state index contributed by atoms with van der Waals surface area (Å²) in [6.45, 7) is 23.5. The molecule has 0 amide bonds. The fourth-order valence-electron chi connectivity index (χ4n) is 6.66. The maximum absolute atomic E-state index is 2.49. The summed E-state index contributed by atoms with van der Waals surface area (Å²) in [5, 5.41) is 0. The summed E-state index contributed by atoms with van der Waals surface area (Å²) < 4.78 is 0. The van der Waals surface area contributed by atoms with Crippen LogP contribution in [0.15, 0.2) is 24.3 Å². The van der Waals surface area contributed by atoms with E-state index in [1.165, 1.54) is 129 Å². The zero-order valence-electron chi connectivity index (χ0n) is 28.5. The second-order valence-corrected chi connectivity index (χ2v) is 14.3. The van der Waals surface area contributed by atoms with Crippen molar-refractivity contribution in [2.45, 2.75) is 159 Å². The van der Waals surface area contributed by atoms with E-state index in [0.29, 0.717) is 0 Å². The normalized spacial score (nSPS) is 14.8. The standard InChI is InChI=1S/C40H66/c1-29(17-13-19-31(3)21-25-39-27-35(7)37(9)36(8)28-39)15-11-12-16-30(2)18-14-20-32(4)22-26-40-34(6)24-23-33(5)38(40)10/h23-24,27-32H,11-22,25-26H2,1-10H3/t29-,30+,31+,32+/m1/s1. The third kappa shape index (κ3) is 12.5. The SMILES string of the molecule is Cc1cc(CC[C@@H](C)CCC[C@H](C)CCCC[C@H](C)CCC[C@H](C)CCc2c(C)ccc(C)c2C)cc(C)c1C. The van der Waals surface area contributed by atoms with Gasteiger partial charge >= 0.3 is 0 Å². The van der Waals surface area contributed by atoms with E-state index in [1.807, 2.05) is 0 Å². The van der Waals surface area contributed by atoms with Crippen molar-refractivity contribution in [3.63, 3.8) is 0 Å². The lowest BCUT2D eigenvalue weighted by Gasteiger charge is -2.17. The molecule has 226 valence electrons. The van der Waals surface area contributed by atoms with Gasteiger partial charge in [0.05, 0.1) is 0 Å². The van der Waals surface area contributed by atoms with Crippen LogP contribution in [0.4, 0.5) is 0 Å². The maximum atomic E-state index is 2.49. The van der Waals surface area contributed by atoms with Crippen molar-refractivity contribution in [3.05, 3.63) is 68.8 Å². The lowest BCUT2D eigenvalue weighted by Crippen LogP contribution is -2.03. The van der Waals surface area contributed by atoms with Gasteiger partial charge in [-0.3, -0.25) is 0 Å². The highest BCUT2D eigenvalue weighted by Crippen LogP contribution is 2.26. The fraction of sp³-hybridized carbons (Fsp3) is 0.700. The molecule has 2 aromatic rings. The third-order valence-corrected chi connectivity index (χ3v) is 10.3. The highest BCUT2D eigenvalue weighted by molar-refractivity contribution is 5.39. The molecule has 0 fully saturated rings. The molecule has 2 rings (SSSR count). The van der Waals surface area contributed by atoms with Crippen LogP contribution >= 0.6 is 0 Å². The Morgan fingerprint density at radius 1 is 0.425 bits per heavy atom. The number of benzene rings is 2. The van der Waals surface area contributed by atoms with Crippen LogP contribution in [0, 0.1) is 65.2 Å². The van der Waals surface area contributed by atoms with Crippen molar-refractivity contribution in [2.75, 3.05) is 0 Å². The van der Waals surface area contributed by atoms with E-state index in [2.05, 4.69) is 93.5 Å². The van der Waals surface area contributed by atoms with Crippen LogP contribution in [-0.2, 0) is 12.8 Å². The molecule has 0 spiro atoms. The van der Waals surface area contributed by atoms with Crippen molar-refractivity contribution >= 4 is 0 Å².